The largest absolute Gasteiger partial charge is 0.394 e. The van der Waals surface area contributed by atoms with Crippen LogP contribution in [0.1, 0.15) is 206 Å². The third-order valence-electron chi connectivity index (χ3n) is 10.7. The minimum Gasteiger partial charge on any atom is -0.394 e. The predicted octanol–water partition coefficient (Wildman–Crippen LogP) is 8.39. The van der Waals surface area contributed by atoms with E-state index in [0.29, 0.717) is 12.8 Å². The molecule has 0 bridgehead atoms. The second-order valence-electron chi connectivity index (χ2n) is 15.5. The van der Waals surface area contributed by atoms with E-state index in [1.54, 1.807) is 0 Å². The molecule has 1 amide bonds. The minimum absolute atomic E-state index is 0.132. The number of nitrogens with one attached hydrogen (secondary N) is 1. The maximum atomic E-state index is 12.9. The molecule has 1 fully saturated rings. The first-order chi connectivity index (χ1) is 24.8. The summed E-state index contributed by atoms with van der Waals surface area (Å²) in [5.41, 5.74) is 0. The molecule has 0 aromatic heterocycles. The number of carbonyl (C=O) groups is 1. The average molecular weight is 730 g/mol. The molecule has 7 atom stereocenters. The summed E-state index contributed by atoms with van der Waals surface area (Å²) in [6.45, 7) is 3.83. The van der Waals surface area contributed by atoms with Crippen molar-refractivity contribution in [1.82, 2.24) is 5.32 Å². The van der Waals surface area contributed by atoms with Crippen molar-refractivity contribution in [3.8, 4) is 0 Å². The first-order valence-corrected chi connectivity index (χ1v) is 21.7. The Morgan fingerprint density at radius 2 is 0.980 bits per heavy atom. The second kappa shape index (κ2) is 33.7. The van der Waals surface area contributed by atoms with Crippen molar-refractivity contribution in [3.63, 3.8) is 0 Å². The number of ether oxygens (including phenoxy) is 2. The van der Waals surface area contributed by atoms with E-state index in [-0.39, 0.29) is 12.5 Å². The Morgan fingerprint density at radius 1 is 0.588 bits per heavy atom. The normalized spacial score (nSPS) is 21.9. The van der Waals surface area contributed by atoms with Gasteiger partial charge < -0.3 is 40.3 Å². The molecule has 6 N–H and O–H groups in total. The second-order valence-corrected chi connectivity index (χ2v) is 15.5. The fraction of sp³-hybridized carbons (Fsp3) is 0.976. The molecule has 9 nitrogen and oxygen atoms in total. The van der Waals surface area contributed by atoms with Crippen molar-refractivity contribution in [2.75, 3.05) is 13.2 Å². The van der Waals surface area contributed by atoms with Crippen LogP contribution < -0.4 is 5.32 Å². The van der Waals surface area contributed by atoms with Crippen molar-refractivity contribution in [3.05, 3.63) is 0 Å². The molecule has 0 aliphatic carbocycles. The molecule has 1 aliphatic rings. The Hall–Kier alpha value is -0.810. The van der Waals surface area contributed by atoms with Crippen LogP contribution in [0.25, 0.3) is 0 Å². The fourth-order valence-corrected chi connectivity index (χ4v) is 7.16. The molecule has 1 saturated heterocycles. The number of hydrogen-bond donors (Lipinski definition) is 6. The van der Waals surface area contributed by atoms with Gasteiger partial charge in [-0.15, -0.1) is 0 Å². The fourth-order valence-electron chi connectivity index (χ4n) is 7.16. The molecule has 304 valence electrons. The van der Waals surface area contributed by atoms with Gasteiger partial charge in [-0.2, -0.15) is 0 Å². The van der Waals surface area contributed by atoms with Crippen molar-refractivity contribution in [1.29, 1.82) is 0 Å². The van der Waals surface area contributed by atoms with Gasteiger partial charge in [0.2, 0.25) is 5.91 Å². The summed E-state index contributed by atoms with van der Waals surface area (Å²) in [5.74, 6) is -0.143. The molecule has 1 rings (SSSR count). The average Bonchev–Trinajstić information content (AvgIpc) is 3.13. The van der Waals surface area contributed by atoms with Gasteiger partial charge in [0, 0.05) is 6.42 Å². The third-order valence-corrected chi connectivity index (χ3v) is 10.7. The van der Waals surface area contributed by atoms with E-state index < -0.39 is 49.5 Å². The van der Waals surface area contributed by atoms with E-state index in [2.05, 4.69) is 19.2 Å². The number of hydrogen-bond acceptors (Lipinski definition) is 8. The van der Waals surface area contributed by atoms with Gasteiger partial charge >= 0.3 is 0 Å². The Balaban J connectivity index is 2.35. The molecule has 51 heavy (non-hydrogen) atoms. The number of aliphatic hydroxyl groups is 5. The Kier molecular flexibility index (Phi) is 31.9. The Labute approximate surface area is 313 Å². The summed E-state index contributed by atoms with van der Waals surface area (Å²) in [5, 5.41) is 54.2. The highest BCUT2D eigenvalue weighted by Gasteiger charge is 2.44. The predicted molar refractivity (Wildman–Crippen MR) is 208 cm³/mol. The maximum absolute atomic E-state index is 12.9. The van der Waals surface area contributed by atoms with Crippen LogP contribution in [-0.2, 0) is 14.3 Å². The lowest BCUT2D eigenvalue weighted by molar-refractivity contribution is -0.302. The van der Waals surface area contributed by atoms with Crippen LogP contribution in [0.3, 0.4) is 0 Å². The maximum Gasteiger partial charge on any atom is 0.220 e. The molecule has 9 heteroatoms. The SMILES string of the molecule is CCCCCCCCCCCCCCCCCC[C@@H](O)[C@H](CO[C@@H]1O[C@H](CO)[C@@H](O)C(O)C1O)NC(=O)CCCCCCCCCCCCCC. The smallest absolute Gasteiger partial charge is 0.220 e. The van der Waals surface area contributed by atoms with Crippen molar-refractivity contribution < 1.29 is 39.8 Å². The molecule has 2 unspecified atom stereocenters. The highest BCUT2D eigenvalue weighted by molar-refractivity contribution is 5.76. The van der Waals surface area contributed by atoms with Crippen molar-refractivity contribution >= 4 is 5.91 Å². The topological polar surface area (TPSA) is 149 Å². The van der Waals surface area contributed by atoms with Gasteiger partial charge in [0.15, 0.2) is 6.29 Å². The lowest BCUT2D eigenvalue weighted by atomic mass is 9.99. The standard InChI is InChI=1S/C42H83NO8/c1-3-5-7-9-11-13-15-17-18-19-20-21-23-25-27-29-31-36(45)35(34-50-42-41(49)40(48)39(47)37(33-44)51-42)43-38(46)32-30-28-26-24-22-16-14-12-10-8-6-4-2/h35-37,39-42,44-45,47-49H,3-34H2,1-2H3,(H,43,46)/t35-,36+,37+,39+,40?,41?,42+/m0/s1. The van der Waals surface area contributed by atoms with Gasteiger partial charge in [0.25, 0.3) is 0 Å². The summed E-state index contributed by atoms with van der Waals surface area (Å²) in [6, 6.07) is -0.710. The lowest BCUT2D eigenvalue weighted by Crippen LogP contribution is -2.60. The first kappa shape index (κ1) is 48.2. The van der Waals surface area contributed by atoms with Gasteiger partial charge in [-0.05, 0) is 12.8 Å². The van der Waals surface area contributed by atoms with Gasteiger partial charge in [0.1, 0.15) is 24.4 Å². The van der Waals surface area contributed by atoms with Crippen LogP contribution in [0.2, 0.25) is 0 Å². The zero-order valence-corrected chi connectivity index (χ0v) is 33.1. The Morgan fingerprint density at radius 3 is 1.39 bits per heavy atom. The first-order valence-electron chi connectivity index (χ1n) is 21.7. The van der Waals surface area contributed by atoms with Crippen LogP contribution in [0, 0.1) is 0 Å². The van der Waals surface area contributed by atoms with Gasteiger partial charge in [0.05, 0.1) is 25.4 Å². The number of amides is 1. The van der Waals surface area contributed by atoms with Gasteiger partial charge in [-0.3, -0.25) is 4.79 Å². The molecule has 0 aromatic rings. The summed E-state index contributed by atoms with van der Waals surface area (Å²) in [4.78, 5) is 12.9. The van der Waals surface area contributed by atoms with Gasteiger partial charge in [-0.25, -0.2) is 0 Å². The number of carbonyl (C=O) groups excluding carboxylic acids is 1. The van der Waals surface area contributed by atoms with E-state index in [9.17, 15) is 30.3 Å². The monoisotopic (exact) mass is 730 g/mol. The van der Waals surface area contributed by atoms with E-state index in [1.165, 1.54) is 141 Å². The Bertz CT molecular complexity index is 771. The van der Waals surface area contributed by atoms with E-state index in [1.807, 2.05) is 0 Å². The van der Waals surface area contributed by atoms with Crippen LogP contribution in [0.15, 0.2) is 0 Å². The molecule has 1 aliphatic heterocycles. The van der Waals surface area contributed by atoms with E-state index in [4.69, 9.17) is 9.47 Å². The number of aliphatic hydroxyl groups excluding tert-OH is 5. The molecule has 0 spiro atoms. The van der Waals surface area contributed by atoms with E-state index >= 15 is 0 Å². The molecule has 0 saturated carbocycles. The third kappa shape index (κ3) is 25.0. The number of rotatable bonds is 36. The summed E-state index contributed by atoms with van der Waals surface area (Å²) < 4.78 is 11.2. The molecule has 0 radical (unpaired) electrons. The van der Waals surface area contributed by atoms with Crippen LogP contribution in [0.5, 0.6) is 0 Å². The van der Waals surface area contributed by atoms with Gasteiger partial charge in [-0.1, -0.05) is 187 Å². The zero-order chi connectivity index (χ0) is 37.4. The van der Waals surface area contributed by atoms with E-state index in [0.717, 1.165) is 38.5 Å². The quantitative estimate of drug-likeness (QED) is 0.0353. The molecular weight excluding hydrogens is 646 g/mol. The highest BCUT2D eigenvalue weighted by atomic mass is 16.7. The van der Waals surface area contributed by atoms with Crippen molar-refractivity contribution in [2.45, 2.75) is 249 Å². The lowest BCUT2D eigenvalue weighted by Gasteiger charge is -2.40. The zero-order valence-electron chi connectivity index (χ0n) is 33.1. The molecule has 0 aromatic carbocycles. The minimum atomic E-state index is -1.55. The summed E-state index contributed by atoms with van der Waals surface area (Å²) in [6.07, 6.45) is 28.2. The van der Waals surface area contributed by atoms with Crippen LogP contribution in [0.4, 0.5) is 0 Å². The summed E-state index contributed by atoms with van der Waals surface area (Å²) in [7, 11) is 0. The summed E-state index contributed by atoms with van der Waals surface area (Å²) >= 11 is 0. The van der Waals surface area contributed by atoms with Crippen LogP contribution >= 0.6 is 0 Å². The van der Waals surface area contributed by atoms with Crippen molar-refractivity contribution in [2.24, 2.45) is 0 Å². The highest BCUT2D eigenvalue weighted by Crippen LogP contribution is 2.23. The van der Waals surface area contributed by atoms with Crippen LogP contribution in [-0.4, -0.2) is 87.5 Å². The molecular formula is C42H83NO8. The number of unbranched alkanes of at least 4 members (excludes halogenated alkanes) is 26. The molecule has 1 heterocycles.